The molecule has 0 spiro atoms. The molecule has 0 heterocycles. The van der Waals surface area contributed by atoms with Crippen LogP contribution in [0, 0.1) is 0 Å². The third-order valence-corrected chi connectivity index (χ3v) is 3.54. The van der Waals surface area contributed by atoms with Gasteiger partial charge in [0.2, 0.25) is 0 Å². The standard InChI is InChI=1S/C13H18Cl2N2OS/c1-3-6-17(8-9(2)18)13(19)16-10-4-5-11(14)12(15)7-10/h4-5,7,9,18H,3,6,8H2,1-2H3,(H,16,19)/t9-/m0/s1. The summed E-state index contributed by atoms with van der Waals surface area (Å²) in [7, 11) is 0. The third kappa shape index (κ3) is 5.53. The molecule has 6 heteroatoms. The van der Waals surface area contributed by atoms with Crippen LogP contribution >= 0.6 is 35.4 Å². The van der Waals surface area contributed by atoms with Crippen LogP contribution in [0.1, 0.15) is 20.3 Å². The number of nitrogens with one attached hydrogen (secondary N) is 1. The van der Waals surface area contributed by atoms with E-state index in [1.807, 2.05) is 11.0 Å². The van der Waals surface area contributed by atoms with Crippen molar-refractivity contribution < 1.29 is 5.11 Å². The van der Waals surface area contributed by atoms with Gasteiger partial charge in [0.1, 0.15) is 0 Å². The smallest absolute Gasteiger partial charge is 0.173 e. The van der Waals surface area contributed by atoms with Gasteiger partial charge in [0.15, 0.2) is 5.11 Å². The van der Waals surface area contributed by atoms with Crippen molar-refractivity contribution in [3.63, 3.8) is 0 Å². The highest BCUT2D eigenvalue weighted by Crippen LogP contribution is 2.25. The zero-order chi connectivity index (χ0) is 14.4. The minimum absolute atomic E-state index is 0.430. The van der Waals surface area contributed by atoms with Crippen molar-refractivity contribution in [3.8, 4) is 0 Å². The molecular formula is C13H18Cl2N2OS. The average Bonchev–Trinajstić information content (AvgIpc) is 2.33. The summed E-state index contributed by atoms with van der Waals surface area (Å²) >= 11 is 17.2. The Bertz CT molecular complexity index is 441. The van der Waals surface area contributed by atoms with Crippen LogP contribution in [0.15, 0.2) is 18.2 Å². The van der Waals surface area contributed by atoms with Gasteiger partial charge in [-0.25, -0.2) is 0 Å². The molecule has 0 aliphatic rings. The number of benzene rings is 1. The van der Waals surface area contributed by atoms with Crippen LogP contribution in [-0.2, 0) is 0 Å². The van der Waals surface area contributed by atoms with Crippen molar-refractivity contribution in [3.05, 3.63) is 28.2 Å². The molecule has 0 amide bonds. The van der Waals surface area contributed by atoms with E-state index in [1.165, 1.54) is 0 Å². The number of halogens is 2. The number of aliphatic hydroxyl groups excluding tert-OH is 1. The molecule has 0 aliphatic heterocycles. The van der Waals surface area contributed by atoms with E-state index in [2.05, 4.69) is 12.2 Å². The number of rotatable bonds is 5. The van der Waals surface area contributed by atoms with Gasteiger partial charge in [0.25, 0.3) is 0 Å². The summed E-state index contributed by atoms with van der Waals surface area (Å²) < 4.78 is 0. The maximum absolute atomic E-state index is 9.48. The summed E-state index contributed by atoms with van der Waals surface area (Å²) in [5.41, 5.74) is 0.783. The first-order chi connectivity index (χ1) is 8.93. The average molecular weight is 321 g/mol. The Morgan fingerprint density at radius 1 is 1.42 bits per heavy atom. The molecule has 1 aromatic rings. The van der Waals surface area contributed by atoms with Crippen LogP contribution in [-0.4, -0.2) is 34.3 Å². The summed E-state index contributed by atoms with van der Waals surface area (Å²) in [4.78, 5) is 1.93. The topological polar surface area (TPSA) is 35.5 Å². The molecule has 0 saturated carbocycles. The number of nitrogens with zero attached hydrogens (tertiary/aromatic N) is 1. The lowest BCUT2D eigenvalue weighted by Crippen LogP contribution is -2.39. The van der Waals surface area contributed by atoms with E-state index in [0.717, 1.165) is 18.7 Å². The Morgan fingerprint density at radius 2 is 2.11 bits per heavy atom. The second kappa shape index (κ2) is 7.90. The molecule has 0 bridgehead atoms. The predicted octanol–water partition coefficient (Wildman–Crippen LogP) is 3.78. The summed E-state index contributed by atoms with van der Waals surface area (Å²) in [5, 5.41) is 14.1. The fourth-order valence-electron chi connectivity index (χ4n) is 1.64. The van der Waals surface area contributed by atoms with Gasteiger partial charge in [-0.15, -0.1) is 0 Å². The molecule has 106 valence electrons. The number of hydrogen-bond acceptors (Lipinski definition) is 2. The fourth-order valence-corrected chi connectivity index (χ4v) is 2.22. The summed E-state index contributed by atoms with van der Waals surface area (Å²) in [6.07, 6.45) is 0.524. The van der Waals surface area contributed by atoms with Crippen molar-refractivity contribution in [2.24, 2.45) is 0 Å². The molecule has 0 unspecified atom stereocenters. The maximum Gasteiger partial charge on any atom is 0.173 e. The van der Waals surface area contributed by atoms with Crippen LogP contribution in [0.4, 0.5) is 5.69 Å². The van der Waals surface area contributed by atoms with Crippen molar-refractivity contribution in [2.75, 3.05) is 18.4 Å². The molecular weight excluding hydrogens is 303 g/mol. The van der Waals surface area contributed by atoms with Gasteiger partial charge in [-0.2, -0.15) is 0 Å². The van der Waals surface area contributed by atoms with Crippen LogP contribution in [0.25, 0.3) is 0 Å². The van der Waals surface area contributed by atoms with Crippen LogP contribution in [0.2, 0.25) is 10.0 Å². The van der Waals surface area contributed by atoms with Gasteiger partial charge in [0.05, 0.1) is 16.1 Å². The van der Waals surface area contributed by atoms with Crippen molar-refractivity contribution in [1.82, 2.24) is 4.90 Å². The highest BCUT2D eigenvalue weighted by molar-refractivity contribution is 7.80. The molecule has 1 aromatic carbocycles. The van der Waals surface area contributed by atoms with E-state index in [1.54, 1.807) is 19.1 Å². The van der Waals surface area contributed by atoms with E-state index in [0.29, 0.717) is 21.7 Å². The fraction of sp³-hybridized carbons (Fsp3) is 0.462. The number of thiocarbonyl (C=S) groups is 1. The van der Waals surface area contributed by atoms with E-state index in [-0.39, 0.29) is 0 Å². The van der Waals surface area contributed by atoms with E-state index < -0.39 is 6.10 Å². The predicted molar refractivity (Wildman–Crippen MR) is 86.2 cm³/mol. The zero-order valence-corrected chi connectivity index (χ0v) is 13.3. The van der Waals surface area contributed by atoms with Gasteiger partial charge < -0.3 is 15.3 Å². The van der Waals surface area contributed by atoms with E-state index >= 15 is 0 Å². The molecule has 0 radical (unpaired) electrons. The summed E-state index contributed by atoms with van der Waals surface area (Å²) in [6, 6.07) is 5.25. The maximum atomic E-state index is 9.48. The molecule has 0 aromatic heterocycles. The lowest BCUT2D eigenvalue weighted by Gasteiger charge is -2.26. The molecule has 0 aliphatic carbocycles. The van der Waals surface area contributed by atoms with Gasteiger partial charge in [0, 0.05) is 18.8 Å². The highest BCUT2D eigenvalue weighted by Gasteiger charge is 2.11. The van der Waals surface area contributed by atoms with Gasteiger partial charge in [-0.05, 0) is 43.8 Å². The Hall–Kier alpha value is -0.550. The first kappa shape index (κ1) is 16.5. The lowest BCUT2D eigenvalue weighted by molar-refractivity contribution is 0.160. The normalized spacial score (nSPS) is 12.1. The molecule has 2 N–H and O–H groups in total. The zero-order valence-electron chi connectivity index (χ0n) is 11.0. The molecule has 1 rings (SSSR count). The Labute approximate surface area is 129 Å². The van der Waals surface area contributed by atoms with Crippen LogP contribution in [0.5, 0.6) is 0 Å². The van der Waals surface area contributed by atoms with Gasteiger partial charge in [-0.1, -0.05) is 30.1 Å². The molecule has 0 fully saturated rings. The first-order valence-corrected chi connectivity index (χ1v) is 7.29. The number of anilines is 1. The number of hydrogen-bond donors (Lipinski definition) is 2. The Balaban J connectivity index is 2.72. The van der Waals surface area contributed by atoms with E-state index in [9.17, 15) is 5.11 Å². The Kier molecular flexibility index (Phi) is 6.86. The molecule has 0 saturated heterocycles. The minimum Gasteiger partial charge on any atom is -0.392 e. The molecule has 1 atom stereocenters. The van der Waals surface area contributed by atoms with Crippen molar-refractivity contribution >= 4 is 46.2 Å². The van der Waals surface area contributed by atoms with Gasteiger partial charge >= 0.3 is 0 Å². The highest BCUT2D eigenvalue weighted by atomic mass is 35.5. The first-order valence-electron chi connectivity index (χ1n) is 6.13. The van der Waals surface area contributed by atoms with Crippen molar-refractivity contribution in [1.29, 1.82) is 0 Å². The molecule has 3 nitrogen and oxygen atoms in total. The second-order valence-corrected chi connectivity index (χ2v) is 5.56. The largest absolute Gasteiger partial charge is 0.392 e. The minimum atomic E-state index is -0.430. The monoisotopic (exact) mass is 320 g/mol. The summed E-state index contributed by atoms with van der Waals surface area (Å²) in [6.45, 7) is 5.10. The van der Waals surface area contributed by atoms with Crippen LogP contribution < -0.4 is 5.32 Å². The summed E-state index contributed by atoms with van der Waals surface area (Å²) in [5.74, 6) is 0. The number of aliphatic hydroxyl groups is 1. The van der Waals surface area contributed by atoms with Crippen molar-refractivity contribution in [2.45, 2.75) is 26.4 Å². The Morgan fingerprint density at radius 3 is 2.63 bits per heavy atom. The lowest BCUT2D eigenvalue weighted by atomic mass is 10.3. The SMILES string of the molecule is CCCN(C[C@H](C)O)C(=S)Nc1ccc(Cl)c(Cl)c1. The quantitative estimate of drug-likeness (QED) is 0.809. The third-order valence-electron chi connectivity index (χ3n) is 2.44. The van der Waals surface area contributed by atoms with E-state index in [4.69, 9.17) is 35.4 Å². The van der Waals surface area contributed by atoms with Gasteiger partial charge in [-0.3, -0.25) is 0 Å². The van der Waals surface area contributed by atoms with Crippen LogP contribution in [0.3, 0.4) is 0 Å². The molecule has 19 heavy (non-hydrogen) atoms. The second-order valence-electron chi connectivity index (χ2n) is 4.35.